The molecule has 0 radical (unpaired) electrons. The minimum atomic E-state index is -4.70. The van der Waals surface area contributed by atoms with Gasteiger partial charge in [-0.05, 0) is 108 Å². The summed E-state index contributed by atoms with van der Waals surface area (Å²) in [6.45, 7) is 6.64. The molecule has 7 rings (SSSR count). The van der Waals surface area contributed by atoms with Crippen molar-refractivity contribution >= 4 is 62.5 Å². The number of benzene rings is 2. The molecule has 1 atom stereocenters. The third kappa shape index (κ3) is 10.1. The summed E-state index contributed by atoms with van der Waals surface area (Å²) in [4.78, 5) is 75.2. The van der Waals surface area contributed by atoms with Crippen LogP contribution in [0.15, 0.2) is 48.5 Å². The number of alkyl halides is 3. The molecule has 18 heteroatoms. The Labute approximate surface area is 360 Å². The first-order valence-electron chi connectivity index (χ1n) is 20.9. The van der Waals surface area contributed by atoms with Crippen LogP contribution in [0.1, 0.15) is 119 Å². The fraction of sp³-hybridized carbons (Fsp3) is 0.477. The molecule has 0 spiro atoms. The normalized spacial score (nSPS) is 19.6. The first-order chi connectivity index (χ1) is 29.5. The van der Waals surface area contributed by atoms with E-state index in [0.717, 1.165) is 71.9 Å². The SMILES string of the molecule is CN(CCCOCCCNc1cccc2c1C(=O)N(C1CCC(=O)NC1=O)C2=O)C[C@H]1CC[C@H](c2nc3cc(C(C)(C)O)c(NC(=O)c4cccc(C(F)(F)F)n4)cc3s2)CC1. The van der Waals surface area contributed by atoms with Gasteiger partial charge in [-0.25, -0.2) is 9.97 Å². The smallest absolute Gasteiger partial charge is 0.386 e. The number of halogens is 3. The topological polar surface area (TPSA) is 183 Å². The standard InChI is InChI=1S/C44H50F3N7O7S/c1-43(2,60)28-22-32-34(23-31(28)50-38(56)30-10-5-11-35(49-30)44(45,46)47)62-40(51-32)26-14-12-25(13-15-26)24-53(3)19-7-21-61-20-6-18-48-29-9-4-8-27-37(29)42(59)54(41(27)58)33-16-17-36(55)52-39(33)57/h4-5,8-11,22-23,25-26,33,48,60H,6-7,12-21,24H2,1-3H3,(H,50,56)(H,52,55,57)/t25-,26-,33?. The summed E-state index contributed by atoms with van der Waals surface area (Å²) in [5.41, 5.74) is -0.583. The molecule has 4 aromatic rings. The molecule has 2 aromatic carbocycles. The molecule has 4 heterocycles. The first-order valence-corrected chi connectivity index (χ1v) is 21.7. The molecule has 1 unspecified atom stereocenters. The largest absolute Gasteiger partial charge is 0.433 e. The van der Waals surface area contributed by atoms with Gasteiger partial charge in [-0.2, -0.15) is 13.2 Å². The van der Waals surface area contributed by atoms with E-state index in [1.54, 1.807) is 44.2 Å². The quantitative estimate of drug-likeness (QED) is 0.0694. The van der Waals surface area contributed by atoms with Crippen molar-refractivity contribution < 1.29 is 47.0 Å². The number of anilines is 2. The number of carbonyl (C=O) groups excluding carboxylic acids is 5. The Kier molecular flexibility index (Phi) is 13.4. The summed E-state index contributed by atoms with van der Waals surface area (Å²) < 4.78 is 46.4. The number of imide groups is 2. The second kappa shape index (κ2) is 18.6. The molecule has 3 aliphatic rings. The van der Waals surface area contributed by atoms with E-state index >= 15 is 0 Å². The average Bonchev–Trinajstić information content (AvgIpc) is 3.75. The van der Waals surface area contributed by atoms with Gasteiger partial charge in [0.2, 0.25) is 11.8 Å². The number of nitrogens with zero attached hydrogens (tertiary/aromatic N) is 4. The second-order valence-corrected chi connectivity index (χ2v) is 17.8. The second-order valence-electron chi connectivity index (χ2n) is 16.7. The van der Waals surface area contributed by atoms with Crippen LogP contribution in [0.3, 0.4) is 0 Å². The van der Waals surface area contributed by atoms with Gasteiger partial charge in [0.1, 0.15) is 17.4 Å². The van der Waals surface area contributed by atoms with Crippen molar-refractivity contribution in [3.05, 3.63) is 81.6 Å². The molecule has 2 aliphatic heterocycles. The highest BCUT2D eigenvalue weighted by molar-refractivity contribution is 7.18. The maximum Gasteiger partial charge on any atom is 0.433 e. The Bertz CT molecular complexity index is 2360. The predicted octanol–water partition coefficient (Wildman–Crippen LogP) is 6.71. The van der Waals surface area contributed by atoms with Crippen molar-refractivity contribution in [3.8, 4) is 0 Å². The Morgan fingerprint density at radius 3 is 2.44 bits per heavy atom. The number of aliphatic hydroxyl groups is 1. The lowest BCUT2D eigenvalue weighted by Gasteiger charge is -2.30. The average molecular weight is 878 g/mol. The van der Waals surface area contributed by atoms with Crippen LogP contribution in [0.2, 0.25) is 0 Å². The highest BCUT2D eigenvalue weighted by Crippen LogP contribution is 2.42. The summed E-state index contributed by atoms with van der Waals surface area (Å²) in [6.07, 6.45) is 1.07. The van der Waals surface area contributed by atoms with Crippen LogP contribution in [0, 0.1) is 5.92 Å². The van der Waals surface area contributed by atoms with Crippen LogP contribution in [0.5, 0.6) is 0 Å². The lowest BCUT2D eigenvalue weighted by molar-refractivity contribution is -0.141. The number of pyridine rings is 1. The van der Waals surface area contributed by atoms with Gasteiger partial charge in [0, 0.05) is 62.1 Å². The minimum absolute atomic E-state index is 0.0607. The molecule has 2 fully saturated rings. The summed E-state index contributed by atoms with van der Waals surface area (Å²) in [5, 5.41) is 20.1. The zero-order valence-electron chi connectivity index (χ0n) is 34.8. The lowest BCUT2D eigenvalue weighted by Crippen LogP contribution is -2.54. The molecular formula is C44H50F3N7O7S. The van der Waals surface area contributed by atoms with Gasteiger partial charge in [-0.15, -0.1) is 11.3 Å². The minimum Gasteiger partial charge on any atom is -0.386 e. The zero-order chi connectivity index (χ0) is 44.3. The molecular weight excluding hydrogens is 828 g/mol. The van der Waals surface area contributed by atoms with Crippen LogP contribution >= 0.6 is 11.3 Å². The number of ether oxygens (including phenoxy) is 1. The van der Waals surface area contributed by atoms with E-state index in [4.69, 9.17) is 9.72 Å². The van der Waals surface area contributed by atoms with Gasteiger partial charge in [0.05, 0.1) is 32.0 Å². The number of carbonyl (C=O) groups is 5. The first kappa shape index (κ1) is 44.7. The number of piperidine rings is 1. The monoisotopic (exact) mass is 877 g/mol. The number of amides is 5. The summed E-state index contributed by atoms with van der Waals surface area (Å²) in [6, 6.07) is 10.6. The van der Waals surface area contributed by atoms with Crippen LogP contribution in [-0.2, 0) is 26.1 Å². The molecule has 14 nitrogen and oxygen atoms in total. The maximum absolute atomic E-state index is 13.3. The zero-order valence-corrected chi connectivity index (χ0v) is 35.6. The number of thiazole rings is 1. The summed E-state index contributed by atoms with van der Waals surface area (Å²) in [5.74, 6) is -2.15. The van der Waals surface area contributed by atoms with E-state index in [1.165, 1.54) is 17.4 Å². The van der Waals surface area contributed by atoms with Crippen molar-refractivity contribution in [2.75, 3.05) is 50.5 Å². The van der Waals surface area contributed by atoms with E-state index in [2.05, 4.69) is 32.9 Å². The third-order valence-electron chi connectivity index (χ3n) is 11.6. The molecule has 2 aromatic heterocycles. The van der Waals surface area contributed by atoms with Crippen LogP contribution in [-0.4, -0.2) is 100 Å². The van der Waals surface area contributed by atoms with Crippen LogP contribution in [0.4, 0.5) is 24.5 Å². The molecule has 330 valence electrons. The van der Waals surface area contributed by atoms with Gasteiger partial charge in [0.25, 0.3) is 17.7 Å². The molecule has 0 bridgehead atoms. The number of fused-ring (bicyclic) bond motifs is 2. The van der Waals surface area contributed by atoms with Gasteiger partial charge in [0.15, 0.2) is 0 Å². The Hall–Kier alpha value is -5.30. The van der Waals surface area contributed by atoms with E-state index in [1.807, 2.05) is 0 Å². The highest BCUT2D eigenvalue weighted by Gasteiger charge is 2.45. The highest BCUT2D eigenvalue weighted by atomic mass is 32.1. The van der Waals surface area contributed by atoms with Gasteiger partial charge in [-0.3, -0.25) is 34.2 Å². The predicted molar refractivity (Wildman–Crippen MR) is 226 cm³/mol. The lowest BCUT2D eigenvalue weighted by atomic mass is 9.82. The van der Waals surface area contributed by atoms with Crippen molar-refractivity contribution in [2.45, 2.75) is 89.0 Å². The fourth-order valence-electron chi connectivity index (χ4n) is 8.40. The number of aromatic nitrogens is 2. The summed E-state index contributed by atoms with van der Waals surface area (Å²) in [7, 11) is 2.12. The Balaban J connectivity index is 0.825. The van der Waals surface area contributed by atoms with Gasteiger partial charge < -0.3 is 25.4 Å². The van der Waals surface area contributed by atoms with Gasteiger partial charge >= 0.3 is 6.18 Å². The fourth-order valence-corrected chi connectivity index (χ4v) is 9.56. The van der Waals surface area contributed by atoms with E-state index in [-0.39, 0.29) is 41.3 Å². The van der Waals surface area contributed by atoms with Crippen molar-refractivity contribution in [3.63, 3.8) is 0 Å². The molecule has 1 saturated carbocycles. The molecule has 1 saturated heterocycles. The van der Waals surface area contributed by atoms with Crippen molar-refractivity contribution in [2.24, 2.45) is 5.92 Å². The Morgan fingerprint density at radius 1 is 0.968 bits per heavy atom. The molecule has 5 amide bonds. The molecule has 1 aliphatic carbocycles. The number of hydrogen-bond acceptors (Lipinski definition) is 12. The van der Waals surface area contributed by atoms with E-state index in [0.29, 0.717) is 48.9 Å². The van der Waals surface area contributed by atoms with Crippen molar-refractivity contribution in [1.29, 1.82) is 0 Å². The van der Waals surface area contributed by atoms with Crippen LogP contribution < -0.4 is 16.0 Å². The van der Waals surface area contributed by atoms with Crippen molar-refractivity contribution in [1.82, 2.24) is 25.1 Å². The Morgan fingerprint density at radius 2 is 1.71 bits per heavy atom. The number of nitrogens with one attached hydrogen (secondary N) is 3. The van der Waals surface area contributed by atoms with Gasteiger partial charge in [-0.1, -0.05) is 12.1 Å². The molecule has 62 heavy (non-hydrogen) atoms. The van der Waals surface area contributed by atoms with E-state index in [9.17, 15) is 42.3 Å². The number of rotatable bonds is 16. The molecule has 4 N–H and O–H groups in total. The number of hydrogen-bond donors (Lipinski definition) is 4. The van der Waals surface area contributed by atoms with Crippen LogP contribution in [0.25, 0.3) is 10.2 Å². The van der Waals surface area contributed by atoms with E-state index < -0.39 is 53.0 Å². The summed E-state index contributed by atoms with van der Waals surface area (Å²) >= 11 is 1.53. The third-order valence-corrected chi connectivity index (χ3v) is 12.7. The maximum atomic E-state index is 13.3.